The summed E-state index contributed by atoms with van der Waals surface area (Å²) in [6.07, 6.45) is 5.09. The van der Waals surface area contributed by atoms with E-state index in [4.69, 9.17) is 5.73 Å². The van der Waals surface area contributed by atoms with Crippen molar-refractivity contribution in [1.29, 1.82) is 0 Å². The molecule has 0 bridgehead atoms. The van der Waals surface area contributed by atoms with Crippen LogP contribution in [-0.2, 0) is 18.3 Å². The van der Waals surface area contributed by atoms with E-state index in [-0.39, 0.29) is 12.2 Å². The molecule has 0 spiro atoms. The maximum absolute atomic E-state index is 11.8. The number of nitrogens with two attached hydrogens (primary N) is 1. The van der Waals surface area contributed by atoms with E-state index in [9.17, 15) is 4.79 Å². The number of rotatable bonds is 9. The third kappa shape index (κ3) is 5.35. The van der Waals surface area contributed by atoms with Gasteiger partial charge in [0, 0.05) is 6.42 Å². The Morgan fingerprint density at radius 1 is 1.39 bits per heavy atom. The molecule has 1 rings (SSSR count). The summed E-state index contributed by atoms with van der Waals surface area (Å²) in [6.45, 7) is 2.86. The second-order valence-corrected chi connectivity index (χ2v) is 4.68. The molecule has 0 fully saturated rings. The summed E-state index contributed by atoms with van der Waals surface area (Å²) in [5.74, 6) is 1.26. The zero-order valence-electron chi connectivity index (χ0n) is 11.3. The normalized spacial score (nSPS) is 12.6. The molecule has 1 heterocycles. The lowest BCUT2D eigenvalue weighted by Gasteiger charge is -2.13. The summed E-state index contributed by atoms with van der Waals surface area (Å²) in [4.78, 5) is 13.2. The minimum atomic E-state index is 0.182. The second kappa shape index (κ2) is 7.92. The fourth-order valence-electron chi connectivity index (χ4n) is 2.10. The Morgan fingerprint density at radius 2 is 2.17 bits per heavy atom. The maximum Gasteiger partial charge on any atom is 0.182 e. The first kappa shape index (κ1) is 14.8. The van der Waals surface area contributed by atoms with E-state index in [1.807, 2.05) is 0 Å². The van der Waals surface area contributed by atoms with Crippen LogP contribution in [0.3, 0.4) is 0 Å². The number of hydrogen-bond donors (Lipinski definition) is 1. The lowest BCUT2D eigenvalue weighted by atomic mass is 9.93. The third-order valence-corrected chi connectivity index (χ3v) is 3.01. The molecular formula is C12H23N5O. The summed E-state index contributed by atoms with van der Waals surface area (Å²) in [5.41, 5.74) is 5.58. The molecule has 0 amide bonds. The standard InChI is InChI=1S/C12H23N5O/c1-3-4-10(7-8-13)5-6-11(18)9-12-14-16-17(2)15-12/h10H,3-9,13H2,1-2H3. The van der Waals surface area contributed by atoms with Crippen LogP contribution in [0.4, 0.5) is 0 Å². The summed E-state index contributed by atoms with van der Waals surface area (Å²) in [6, 6.07) is 0. The molecule has 0 aliphatic carbocycles. The molecule has 0 aliphatic heterocycles. The van der Waals surface area contributed by atoms with Gasteiger partial charge in [-0.3, -0.25) is 4.79 Å². The van der Waals surface area contributed by atoms with Gasteiger partial charge < -0.3 is 5.73 Å². The van der Waals surface area contributed by atoms with Crippen molar-refractivity contribution >= 4 is 5.78 Å². The second-order valence-electron chi connectivity index (χ2n) is 4.68. The first-order valence-corrected chi connectivity index (χ1v) is 6.60. The number of carbonyl (C=O) groups excluding carboxylic acids is 1. The van der Waals surface area contributed by atoms with Crippen LogP contribution in [0.5, 0.6) is 0 Å². The average molecular weight is 253 g/mol. The summed E-state index contributed by atoms with van der Waals surface area (Å²) in [5, 5.41) is 11.5. The quantitative estimate of drug-likeness (QED) is 0.705. The van der Waals surface area contributed by atoms with Gasteiger partial charge in [-0.2, -0.15) is 4.80 Å². The van der Waals surface area contributed by atoms with Crippen LogP contribution in [0.25, 0.3) is 0 Å². The van der Waals surface area contributed by atoms with Crippen LogP contribution in [0.2, 0.25) is 0 Å². The van der Waals surface area contributed by atoms with Crippen molar-refractivity contribution in [2.45, 2.75) is 45.4 Å². The van der Waals surface area contributed by atoms with Crippen molar-refractivity contribution < 1.29 is 4.79 Å². The van der Waals surface area contributed by atoms with Gasteiger partial charge in [-0.05, 0) is 30.5 Å². The number of hydrogen-bond acceptors (Lipinski definition) is 5. The van der Waals surface area contributed by atoms with Gasteiger partial charge >= 0.3 is 0 Å². The van der Waals surface area contributed by atoms with E-state index in [1.165, 1.54) is 4.80 Å². The van der Waals surface area contributed by atoms with E-state index in [0.717, 1.165) is 25.7 Å². The molecule has 6 nitrogen and oxygen atoms in total. The predicted molar refractivity (Wildman–Crippen MR) is 68.8 cm³/mol. The Kier molecular flexibility index (Phi) is 6.49. The maximum atomic E-state index is 11.8. The van der Waals surface area contributed by atoms with Crippen molar-refractivity contribution in [2.75, 3.05) is 6.54 Å². The highest BCUT2D eigenvalue weighted by atomic mass is 16.1. The van der Waals surface area contributed by atoms with E-state index in [1.54, 1.807) is 7.05 Å². The zero-order valence-corrected chi connectivity index (χ0v) is 11.3. The third-order valence-electron chi connectivity index (χ3n) is 3.01. The SMILES string of the molecule is CCCC(CCN)CCC(=O)Cc1nnn(C)n1. The van der Waals surface area contributed by atoms with Crippen LogP contribution in [0.15, 0.2) is 0 Å². The van der Waals surface area contributed by atoms with Crippen molar-refractivity contribution in [1.82, 2.24) is 20.2 Å². The van der Waals surface area contributed by atoms with Crippen molar-refractivity contribution in [3.8, 4) is 0 Å². The van der Waals surface area contributed by atoms with Gasteiger partial charge in [0.1, 0.15) is 5.78 Å². The molecule has 0 radical (unpaired) electrons. The molecule has 0 aromatic carbocycles. The molecule has 0 saturated heterocycles. The van der Waals surface area contributed by atoms with Gasteiger partial charge in [0.25, 0.3) is 0 Å². The number of carbonyl (C=O) groups is 1. The minimum Gasteiger partial charge on any atom is -0.330 e. The smallest absolute Gasteiger partial charge is 0.182 e. The highest BCUT2D eigenvalue weighted by Gasteiger charge is 2.12. The monoisotopic (exact) mass is 253 g/mol. The number of tetrazole rings is 1. The van der Waals surface area contributed by atoms with E-state index in [0.29, 0.717) is 24.7 Å². The van der Waals surface area contributed by atoms with Crippen LogP contribution in [-0.4, -0.2) is 32.5 Å². The molecule has 1 atom stereocenters. The first-order valence-electron chi connectivity index (χ1n) is 6.60. The van der Waals surface area contributed by atoms with Crippen molar-refractivity contribution in [2.24, 2.45) is 18.7 Å². The van der Waals surface area contributed by atoms with E-state index < -0.39 is 0 Å². The Bertz CT molecular complexity index is 357. The zero-order chi connectivity index (χ0) is 13.4. The van der Waals surface area contributed by atoms with Crippen LogP contribution in [0, 0.1) is 5.92 Å². The first-order chi connectivity index (χ1) is 8.65. The number of aromatic nitrogens is 4. The molecule has 102 valence electrons. The highest BCUT2D eigenvalue weighted by Crippen LogP contribution is 2.17. The van der Waals surface area contributed by atoms with Gasteiger partial charge in [0.2, 0.25) is 0 Å². The number of nitrogens with zero attached hydrogens (tertiary/aromatic N) is 4. The number of Topliss-reactive ketones (excluding diaryl/α,β-unsaturated/α-hetero) is 1. The lowest BCUT2D eigenvalue weighted by Crippen LogP contribution is -2.12. The lowest BCUT2D eigenvalue weighted by molar-refractivity contribution is -0.118. The summed E-state index contributed by atoms with van der Waals surface area (Å²) >= 11 is 0. The van der Waals surface area contributed by atoms with Crippen molar-refractivity contribution in [3.05, 3.63) is 5.82 Å². The van der Waals surface area contributed by atoms with Crippen LogP contribution >= 0.6 is 0 Å². The molecule has 1 unspecified atom stereocenters. The van der Waals surface area contributed by atoms with Crippen LogP contribution < -0.4 is 5.73 Å². The Labute approximate surface area is 108 Å². The fourth-order valence-corrected chi connectivity index (χ4v) is 2.10. The predicted octanol–water partition coefficient (Wildman–Crippen LogP) is 0.867. The minimum absolute atomic E-state index is 0.182. The van der Waals surface area contributed by atoms with Crippen molar-refractivity contribution in [3.63, 3.8) is 0 Å². The number of aryl methyl sites for hydroxylation is 1. The molecule has 0 aliphatic rings. The molecule has 6 heteroatoms. The molecule has 0 saturated carbocycles. The molecule has 18 heavy (non-hydrogen) atoms. The Hall–Kier alpha value is -1.30. The van der Waals surface area contributed by atoms with Gasteiger partial charge in [-0.1, -0.05) is 19.8 Å². The summed E-state index contributed by atoms with van der Waals surface area (Å²) in [7, 11) is 1.69. The van der Waals surface area contributed by atoms with E-state index >= 15 is 0 Å². The largest absolute Gasteiger partial charge is 0.330 e. The van der Waals surface area contributed by atoms with Gasteiger partial charge in [0.15, 0.2) is 5.82 Å². The topological polar surface area (TPSA) is 86.7 Å². The van der Waals surface area contributed by atoms with Gasteiger partial charge in [0.05, 0.1) is 13.5 Å². The fraction of sp³-hybridized carbons (Fsp3) is 0.833. The van der Waals surface area contributed by atoms with E-state index in [2.05, 4.69) is 22.3 Å². The average Bonchev–Trinajstić information content (AvgIpc) is 2.72. The Balaban J connectivity index is 2.30. The Morgan fingerprint density at radius 3 is 2.72 bits per heavy atom. The molecule has 2 N–H and O–H groups in total. The van der Waals surface area contributed by atoms with Gasteiger partial charge in [-0.15, -0.1) is 10.2 Å². The van der Waals surface area contributed by atoms with Gasteiger partial charge in [-0.25, -0.2) is 0 Å². The molecule has 1 aromatic heterocycles. The highest BCUT2D eigenvalue weighted by molar-refractivity contribution is 5.79. The van der Waals surface area contributed by atoms with Crippen LogP contribution in [0.1, 0.15) is 44.9 Å². The molecular weight excluding hydrogens is 230 g/mol. The number of ketones is 1. The molecule has 1 aromatic rings. The summed E-state index contributed by atoms with van der Waals surface area (Å²) < 4.78 is 0.